The molecule has 2 heterocycles. The van der Waals surface area contributed by atoms with E-state index in [1.165, 1.54) is 18.2 Å². The Bertz CT molecular complexity index is 701. The van der Waals surface area contributed by atoms with Gasteiger partial charge in [-0.1, -0.05) is 11.6 Å². The number of carbonyl (C=O) groups is 2. The molecular formula is C19H25ClFN3O3. The number of nitrogens with two attached hydrogens (primary N) is 1. The van der Waals surface area contributed by atoms with E-state index in [-0.39, 0.29) is 22.8 Å². The van der Waals surface area contributed by atoms with Crippen LogP contribution in [0.2, 0.25) is 5.02 Å². The van der Waals surface area contributed by atoms with Crippen LogP contribution in [0.15, 0.2) is 18.2 Å². The third-order valence-corrected chi connectivity index (χ3v) is 5.92. The number of rotatable bonds is 4. The second-order valence-corrected chi connectivity index (χ2v) is 7.69. The van der Waals surface area contributed by atoms with Crippen molar-refractivity contribution >= 4 is 29.1 Å². The number of carbonyl (C=O) groups excluding carboxylic acids is 2. The summed E-state index contributed by atoms with van der Waals surface area (Å²) in [5.74, 6) is -0.772. The summed E-state index contributed by atoms with van der Waals surface area (Å²) in [5.41, 5.74) is 5.86. The van der Waals surface area contributed by atoms with Crippen LogP contribution in [0.5, 0.6) is 0 Å². The highest BCUT2D eigenvalue weighted by Crippen LogP contribution is 2.33. The molecule has 6 nitrogen and oxygen atoms in total. The lowest BCUT2D eigenvalue weighted by atomic mass is 9.78. The second kappa shape index (κ2) is 8.54. The summed E-state index contributed by atoms with van der Waals surface area (Å²) in [7, 11) is 0. The Labute approximate surface area is 163 Å². The third-order valence-electron chi connectivity index (χ3n) is 5.63. The summed E-state index contributed by atoms with van der Waals surface area (Å²) in [6, 6.07) is 4.09. The largest absolute Gasteiger partial charge is 0.381 e. The Morgan fingerprint density at radius 3 is 2.56 bits per heavy atom. The summed E-state index contributed by atoms with van der Waals surface area (Å²) in [4.78, 5) is 27.3. The van der Waals surface area contributed by atoms with Gasteiger partial charge in [0.1, 0.15) is 5.82 Å². The fourth-order valence-electron chi connectivity index (χ4n) is 3.77. The van der Waals surface area contributed by atoms with Crippen LogP contribution in [-0.2, 0) is 14.3 Å². The lowest BCUT2D eigenvalue weighted by molar-refractivity contribution is -0.149. The summed E-state index contributed by atoms with van der Waals surface area (Å²) in [5, 5.41) is 2.74. The van der Waals surface area contributed by atoms with Gasteiger partial charge in [-0.2, -0.15) is 0 Å². The Balaban J connectivity index is 1.55. The molecule has 0 atom stereocenters. The molecule has 0 radical (unpaired) electrons. The molecule has 0 saturated carbocycles. The van der Waals surface area contributed by atoms with Crippen molar-refractivity contribution in [2.75, 3.05) is 38.2 Å². The summed E-state index contributed by atoms with van der Waals surface area (Å²) >= 11 is 5.75. The number of amides is 2. The zero-order valence-electron chi connectivity index (χ0n) is 15.2. The Morgan fingerprint density at radius 1 is 1.30 bits per heavy atom. The number of likely N-dealkylation sites (tertiary alicyclic amines) is 1. The number of benzene rings is 1. The van der Waals surface area contributed by atoms with Crippen molar-refractivity contribution in [3.63, 3.8) is 0 Å². The van der Waals surface area contributed by atoms with E-state index in [9.17, 15) is 14.0 Å². The first-order valence-corrected chi connectivity index (χ1v) is 9.66. The van der Waals surface area contributed by atoms with Crippen LogP contribution in [0.1, 0.15) is 25.7 Å². The van der Waals surface area contributed by atoms with Gasteiger partial charge in [-0.3, -0.25) is 9.59 Å². The van der Waals surface area contributed by atoms with Crippen LogP contribution < -0.4 is 11.1 Å². The molecule has 148 valence electrons. The van der Waals surface area contributed by atoms with Crippen molar-refractivity contribution in [2.24, 2.45) is 17.1 Å². The van der Waals surface area contributed by atoms with Crippen LogP contribution in [0.3, 0.4) is 0 Å². The molecule has 8 heteroatoms. The highest BCUT2D eigenvalue weighted by atomic mass is 35.5. The van der Waals surface area contributed by atoms with Crippen LogP contribution in [0.4, 0.5) is 10.1 Å². The maximum atomic E-state index is 13.2. The number of halogens is 2. The van der Waals surface area contributed by atoms with Crippen molar-refractivity contribution in [1.29, 1.82) is 0 Å². The molecule has 0 unspecified atom stereocenters. The van der Waals surface area contributed by atoms with Crippen LogP contribution in [0.25, 0.3) is 0 Å². The van der Waals surface area contributed by atoms with Gasteiger partial charge < -0.3 is 20.7 Å². The average molecular weight is 398 g/mol. The molecule has 3 rings (SSSR count). The van der Waals surface area contributed by atoms with Gasteiger partial charge in [0.05, 0.1) is 10.4 Å². The predicted molar refractivity (Wildman–Crippen MR) is 101 cm³/mol. The van der Waals surface area contributed by atoms with Gasteiger partial charge in [0, 0.05) is 44.5 Å². The minimum atomic E-state index is -0.530. The molecule has 2 saturated heterocycles. The van der Waals surface area contributed by atoms with Crippen molar-refractivity contribution in [1.82, 2.24) is 4.90 Å². The Morgan fingerprint density at radius 2 is 1.96 bits per heavy atom. The quantitative estimate of drug-likeness (QED) is 0.817. The predicted octanol–water partition coefficient (Wildman–Crippen LogP) is 2.41. The van der Waals surface area contributed by atoms with Crippen molar-refractivity contribution < 1.29 is 18.7 Å². The van der Waals surface area contributed by atoms with E-state index >= 15 is 0 Å². The number of hydrogen-bond donors (Lipinski definition) is 2. The van der Waals surface area contributed by atoms with E-state index in [0.29, 0.717) is 64.2 Å². The zero-order chi connectivity index (χ0) is 19.4. The molecular weight excluding hydrogens is 373 g/mol. The number of nitrogens with one attached hydrogen (secondary N) is 1. The lowest BCUT2D eigenvalue weighted by Crippen LogP contribution is -2.53. The monoisotopic (exact) mass is 397 g/mol. The van der Waals surface area contributed by atoms with E-state index in [1.54, 1.807) is 0 Å². The molecule has 2 amide bonds. The number of nitrogens with zero attached hydrogens (tertiary/aromatic N) is 1. The van der Waals surface area contributed by atoms with Crippen molar-refractivity contribution in [3.8, 4) is 0 Å². The zero-order valence-corrected chi connectivity index (χ0v) is 15.9. The molecule has 0 bridgehead atoms. The van der Waals surface area contributed by atoms with Gasteiger partial charge in [0.2, 0.25) is 11.8 Å². The van der Waals surface area contributed by atoms with Crippen molar-refractivity contribution in [2.45, 2.75) is 25.7 Å². The van der Waals surface area contributed by atoms with E-state index < -0.39 is 11.2 Å². The van der Waals surface area contributed by atoms with Gasteiger partial charge in [-0.25, -0.2) is 4.39 Å². The SMILES string of the molecule is NCC1(C(=O)N2CCC(C(=O)Nc3ccc(F)c(Cl)c3)CC2)CCOCC1. The maximum absolute atomic E-state index is 13.2. The Hall–Kier alpha value is -1.70. The number of piperidine rings is 1. The third kappa shape index (κ3) is 4.42. The van der Waals surface area contributed by atoms with Crippen LogP contribution in [0, 0.1) is 17.2 Å². The summed E-state index contributed by atoms with van der Waals surface area (Å²) in [6.45, 7) is 2.50. The second-order valence-electron chi connectivity index (χ2n) is 7.28. The molecule has 27 heavy (non-hydrogen) atoms. The topological polar surface area (TPSA) is 84.7 Å². The minimum absolute atomic E-state index is 0.0308. The fourth-order valence-corrected chi connectivity index (χ4v) is 3.95. The molecule has 1 aromatic rings. The molecule has 0 aromatic heterocycles. The summed E-state index contributed by atoms with van der Waals surface area (Å²) < 4.78 is 18.6. The number of hydrogen-bond acceptors (Lipinski definition) is 4. The standard InChI is InChI=1S/C19H25ClFN3O3/c20-15-11-14(1-2-16(15)21)23-17(25)13-3-7-24(8-4-13)18(26)19(12-22)5-9-27-10-6-19/h1-2,11,13H,3-10,12,22H2,(H,23,25). The smallest absolute Gasteiger partial charge is 0.230 e. The van der Waals surface area contributed by atoms with E-state index in [1.807, 2.05) is 4.90 Å². The molecule has 2 aliphatic rings. The van der Waals surface area contributed by atoms with Gasteiger partial charge in [-0.15, -0.1) is 0 Å². The van der Waals surface area contributed by atoms with Crippen LogP contribution >= 0.6 is 11.6 Å². The first-order valence-electron chi connectivity index (χ1n) is 9.28. The van der Waals surface area contributed by atoms with Crippen LogP contribution in [-0.4, -0.2) is 49.6 Å². The molecule has 0 spiro atoms. The first kappa shape index (κ1) is 20.0. The summed E-state index contributed by atoms with van der Waals surface area (Å²) in [6.07, 6.45) is 2.47. The Kier molecular flexibility index (Phi) is 6.34. The molecule has 1 aromatic carbocycles. The fraction of sp³-hybridized carbons (Fsp3) is 0.579. The van der Waals surface area contributed by atoms with Crippen molar-refractivity contribution in [3.05, 3.63) is 29.0 Å². The normalized spacial score (nSPS) is 20.3. The number of ether oxygens (including phenoxy) is 1. The molecule has 2 fully saturated rings. The van der Waals surface area contributed by atoms with Gasteiger partial charge in [0.15, 0.2) is 0 Å². The molecule has 2 aliphatic heterocycles. The average Bonchev–Trinajstić information content (AvgIpc) is 2.71. The maximum Gasteiger partial charge on any atom is 0.230 e. The highest BCUT2D eigenvalue weighted by molar-refractivity contribution is 6.31. The minimum Gasteiger partial charge on any atom is -0.381 e. The van der Waals surface area contributed by atoms with Gasteiger partial charge in [-0.05, 0) is 43.9 Å². The first-order chi connectivity index (χ1) is 12.9. The van der Waals surface area contributed by atoms with E-state index in [4.69, 9.17) is 22.1 Å². The van der Waals surface area contributed by atoms with Gasteiger partial charge >= 0.3 is 0 Å². The molecule has 3 N–H and O–H groups in total. The number of anilines is 1. The highest BCUT2D eigenvalue weighted by Gasteiger charge is 2.42. The molecule has 0 aliphatic carbocycles. The van der Waals surface area contributed by atoms with Gasteiger partial charge in [0.25, 0.3) is 0 Å². The lowest BCUT2D eigenvalue weighted by Gasteiger charge is -2.41. The van der Waals surface area contributed by atoms with E-state index in [0.717, 1.165) is 0 Å². The van der Waals surface area contributed by atoms with E-state index in [2.05, 4.69) is 5.32 Å².